The molecule has 101 valence electrons. The maximum absolute atomic E-state index is 2.79. The van der Waals surface area contributed by atoms with Gasteiger partial charge in [-0.05, 0) is 0 Å². The van der Waals surface area contributed by atoms with Gasteiger partial charge in [-0.25, -0.2) is 0 Å². The summed E-state index contributed by atoms with van der Waals surface area (Å²) in [7, 11) is 0. The average Bonchev–Trinajstić information content (AvgIpc) is 2.08. The summed E-state index contributed by atoms with van der Waals surface area (Å²) in [5, 5.41) is 0. The van der Waals surface area contributed by atoms with Crippen LogP contribution in [0.4, 0.5) is 0 Å². The molecule has 0 saturated carbocycles. The van der Waals surface area contributed by atoms with Crippen molar-refractivity contribution in [2.45, 2.75) is 73.0 Å². The van der Waals surface area contributed by atoms with Crippen molar-refractivity contribution in [2.75, 3.05) is 13.2 Å². The maximum atomic E-state index is 2.79. The van der Waals surface area contributed by atoms with Crippen LogP contribution in [0.25, 0.3) is 0 Å². The summed E-state index contributed by atoms with van der Waals surface area (Å²) in [5.41, 5.74) is 0.310. The van der Waals surface area contributed by atoms with Crippen LogP contribution in [0.5, 0.6) is 0 Å². The number of hydrogen-bond acceptors (Lipinski definition) is 3. The van der Waals surface area contributed by atoms with Gasteiger partial charge in [-0.3, -0.25) is 0 Å². The van der Waals surface area contributed by atoms with E-state index < -0.39 is 20.6 Å². The summed E-state index contributed by atoms with van der Waals surface area (Å²) in [4.78, 5) is 0. The second-order valence-corrected chi connectivity index (χ2v) is 13.0. The molecule has 1 rings (SSSR count). The summed E-state index contributed by atoms with van der Waals surface area (Å²) >= 11 is -1.73. The van der Waals surface area contributed by atoms with Crippen molar-refractivity contribution in [2.24, 2.45) is 0 Å². The Morgan fingerprint density at radius 3 is 1.71 bits per heavy atom. The first-order valence-electron chi connectivity index (χ1n) is 6.88. The molecule has 0 amide bonds. The fourth-order valence-corrected chi connectivity index (χ4v) is 11.2. The van der Waals surface area contributed by atoms with Crippen molar-refractivity contribution in [3.05, 3.63) is 0 Å². The first-order valence-corrected chi connectivity index (χ1v) is 10.7. The summed E-state index contributed by atoms with van der Waals surface area (Å²) in [5.74, 6) is 0. The van der Waals surface area contributed by atoms with Crippen molar-refractivity contribution < 1.29 is 0 Å². The van der Waals surface area contributed by atoms with Crippen molar-refractivity contribution in [3.8, 4) is 0 Å². The first kappa shape index (κ1) is 15.7. The van der Waals surface area contributed by atoms with Crippen LogP contribution in [-0.4, -0.2) is 60.8 Å². The Balaban J connectivity index is 2.87. The topological polar surface area (TPSA) is 9.72 Å². The standard InChI is InChI=1S/C7H16N2.C6H14N.Sn/c1-6(2)8-5-9-7(3)4;1-5-7-6(2,3)4;/h6-7H,5H2,1-4H3;5H2,1-4H3;/q-2;-1;+3. The molecule has 0 unspecified atom stereocenters. The normalized spacial score (nSPS) is 20.6. The Morgan fingerprint density at radius 2 is 1.47 bits per heavy atom. The third-order valence-electron chi connectivity index (χ3n) is 3.43. The van der Waals surface area contributed by atoms with E-state index in [0.717, 1.165) is 0 Å². The van der Waals surface area contributed by atoms with E-state index in [-0.39, 0.29) is 0 Å². The van der Waals surface area contributed by atoms with Crippen molar-refractivity contribution in [3.63, 3.8) is 0 Å². The second-order valence-electron chi connectivity index (χ2n) is 6.48. The molecule has 1 saturated heterocycles. The number of hydrogen-bond donors (Lipinski definition) is 0. The van der Waals surface area contributed by atoms with Crippen molar-refractivity contribution in [1.82, 2.24) is 9.36 Å². The molecule has 3 nitrogen and oxygen atoms in total. The van der Waals surface area contributed by atoms with Crippen LogP contribution in [-0.2, 0) is 0 Å². The van der Waals surface area contributed by atoms with E-state index in [0.29, 0.717) is 17.6 Å². The van der Waals surface area contributed by atoms with Gasteiger partial charge in [0.2, 0.25) is 0 Å². The molecular formula is C13H30N3Sn. The summed E-state index contributed by atoms with van der Waals surface area (Å²) in [6.07, 6.45) is 0. The van der Waals surface area contributed by atoms with Crippen LogP contribution in [0, 0.1) is 0 Å². The Labute approximate surface area is 116 Å². The van der Waals surface area contributed by atoms with Gasteiger partial charge in [0.1, 0.15) is 0 Å². The van der Waals surface area contributed by atoms with E-state index in [4.69, 9.17) is 0 Å². The quantitative estimate of drug-likeness (QED) is 0.724. The predicted molar refractivity (Wildman–Crippen MR) is 76.7 cm³/mol. The Bertz CT molecular complexity index is 234. The van der Waals surface area contributed by atoms with Crippen LogP contribution in [0.3, 0.4) is 0 Å². The van der Waals surface area contributed by atoms with Gasteiger partial charge in [-0.2, -0.15) is 0 Å². The molecule has 1 radical (unpaired) electrons. The van der Waals surface area contributed by atoms with Gasteiger partial charge in [0.15, 0.2) is 0 Å². The number of nitrogens with zero attached hydrogens (tertiary/aromatic N) is 3. The molecule has 0 bridgehead atoms. The van der Waals surface area contributed by atoms with Gasteiger partial charge in [-0.15, -0.1) is 0 Å². The van der Waals surface area contributed by atoms with Crippen LogP contribution < -0.4 is 0 Å². The summed E-state index contributed by atoms with van der Waals surface area (Å²) in [6, 6.07) is 1.41. The van der Waals surface area contributed by atoms with Gasteiger partial charge in [0.25, 0.3) is 0 Å². The molecule has 0 atom stereocenters. The number of rotatable bonds is 4. The van der Waals surface area contributed by atoms with E-state index in [1.165, 1.54) is 13.2 Å². The van der Waals surface area contributed by atoms with Crippen LogP contribution in [0.2, 0.25) is 0 Å². The molecular weight excluding hydrogens is 317 g/mol. The minimum atomic E-state index is -1.73. The zero-order valence-electron chi connectivity index (χ0n) is 12.9. The second kappa shape index (κ2) is 5.76. The minimum absolute atomic E-state index is 0.310. The summed E-state index contributed by atoms with van der Waals surface area (Å²) in [6.45, 7) is 21.1. The third-order valence-corrected chi connectivity index (χ3v) is 14.3. The Kier molecular flexibility index (Phi) is 5.33. The van der Waals surface area contributed by atoms with Gasteiger partial charge in [0, 0.05) is 0 Å². The zero-order chi connectivity index (χ0) is 13.4. The molecule has 1 fully saturated rings. The van der Waals surface area contributed by atoms with Crippen LogP contribution in [0.1, 0.15) is 55.4 Å². The van der Waals surface area contributed by atoms with Crippen LogP contribution in [0.15, 0.2) is 0 Å². The predicted octanol–water partition coefficient (Wildman–Crippen LogP) is 2.48. The molecule has 4 heteroatoms. The van der Waals surface area contributed by atoms with Crippen molar-refractivity contribution in [1.29, 1.82) is 0 Å². The van der Waals surface area contributed by atoms with Gasteiger partial charge < -0.3 is 0 Å². The van der Waals surface area contributed by atoms with E-state index in [9.17, 15) is 0 Å². The summed E-state index contributed by atoms with van der Waals surface area (Å²) < 4.78 is 8.34. The Morgan fingerprint density at radius 1 is 1.06 bits per heavy atom. The molecule has 1 heterocycles. The molecule has 1 aliphatic rings. The van der Waals surface area contributed by atoms with E-state index in [1.54, 1.807) is 0 Å². The van der Waals surface area contributed by atoms with Crippen molar-refractivity contribution >= 4 is 20.6 Å². The molecule has 0 aromatic rings. The molecule has 0 N–H and O–H groups in total. The molecule has 0 spiro atoms. The molecule has 0 aromatic carbocycles. The fourth-order valence-electron chi connectivity index (χ4n) is 2.39. The van der Waals surface area contributed by atoms with E-state index in [2.05, 4.69) is 64.8 Å². The molecule has 0 aliphatic carbocycles. The SMILES string of the molecule is CC[N]([Sn]1[N](C(C)C)C[N]1C(C)C)C(C)(C)C. The van der Waals surface area contributed by atoms with Crippen LogP contribution >= 0.6 is 0 Å². The zero-order valence-corrected chi connectivity index (χ0v) is 15.8. The first-order chi connectivity index (χ1) is 7.70. The van der Waals surface area contributed by atoms with E-state index in [1.807, 2.05) is 0 Å². The molecule has 17 heavy (non-hydrogen) atoms. The third kappa shape index (κ3) is 3.37. The Hall–Kier alpha value is 0.679. The average molecular weight is 347 g/mol. The van der Waals surface area contributed by atoms with Gasteiger partial charge >= 0.3 is 116 Å². The molecule has 0 aromatic heterocycles. The monoisotopic (exact) mass is 348 g/mol. The van der Waals surface area contributed by atoms with Gasteiger partial charge in [-0.1, -0.05) is 0 Å². The van der Waals surface area contributed by atoms with E-state index >= 15 is 0 Å². The fraction of sp³-hybridized carbons (Fsp3) is 1.00. The molecule has 1 aliphatic heterocycles. The van der Waals surface area contributed by atoms with Gasteiger partial charge in [0.05, 0.1) is 0 Å².